The van der Waals surface area contributed by atoms with E-state index in [2.05, 4.69) is 15.5 Å². The summed E-state index contributed by atoms with van der Waals surface area (Å²) in [5, 5.41) is 11.5. The summed E-state index contributed by atoms with van der Waals surface area (Å²) in [5.41, 5.74) is 1.23. The number of hydrogen-bond acceptors (Lipinski definition) is 6. The number of amides is 1. The van der Waals surface area contributed by atoms with Crippen LogP contribution in [0.4, 0.5) is 5.69 Å². The molecule has 0 unspecified atom stereocenters. The molecule has 0 radical (unpaired) electrons. The summed E-state index contributed by atoms with van der Waals surface area (Å²) in [7, 11) is 1.46. The molecule has 1 aromatic heterocycles. The number of aromatic nitrogens is 2. The molecule has 2 aromatic carbocycles. The van der Waals surface area contributed by atoms with Crippen LogP contribution >= 0.6 is 23.2 Å². The van der Waals surface area contributed by atoms with Gasteiger partial charge in [-0.1, -0.05) is 23.2 Å². The molecule has 0 saturated carbocycles. The molecule has 7 nitrogen and oxygen atoms in total. The number of benzene rings is 2. The quantitative estimate of drug-likeness (QED) is 0.631. The Morgan fingerprint density at radius 1 is 1.15 bits per heavy atom. The van der Waals surface area contributed by atoms with Crippen LogP contribution in [0.3, 0.4) is 0 Å². The molecule has 140 valence electrons. The van der Waals surface area contributed by atoms with Gasteiger partial charge in [-0.3, -0.25) is 4.79 Å². The van der Waals surface area contributed by atoms with Gasteiger partial charge in [-0.15, -0.1) is 10.2 Å². The second-order valence-electron chi connectivity index (χ2n) is 5.42. The zero-order valence-corrected chi connectivity index (χ0v) is 15.8. The van der Waals surface area contributed by atoms with Crippen LogP contribution in [0.15, 0.2) is 46.9 Å². The Kier molecular flexibility index (Phi) is 6.28. The minimum atomic E-state index is -0.231. The molecule has 0 aliphatic heterocycles. The molecule has 1 heterocycles. The predicted octanol–water partition coefficient (Wildman–Crippen LogP) is 4.21. The fourth-order valence-electron chi connectivity index (χ4n) is 2.19. The van der Waals surface area contributed by atoms with Crippen LogP contribution in [0, 0.1) is 0 Å². The van der Waals surface area contributed by atoms with Gasteiger partial charge >= 0.3 is 0 Å². The molecule has 3 rings (SSSR count). The smallest absolute Gasteiger partial charge is 0.254 e. The molecule has 0 spiro atoms. The second kappa shape index (κ2) is 8.85. The van der Waals surface area contributed by atoms with E-state index in [1.807, 2.05) is 0 Å². The van der Waals surface area contributed by atoms with Gasteiger partial charge in [0.1, 0.15) is 12.4 Å². The summed E-state index contributed by atoms with van der Waals surface area (Å²) in [4.78, 5) is 11.5. The number of rotatable bonds is 7. The molecule has 0 aliphatic rings. The fourth-order valence-corrected chi connectivity index (χ4v) is 2.68. The van der Waals surface area contributed by atoms with E-state index in [4.69, 9.17) is 37.1 Å². The molecule has 1 N–H and O–H groups in total. The lowest BCUT2D eigenvalue weighted by Gasteiger charge is -2.06. The van der Waals surface area contributed by atoms with E-state index in [9.17, 15) is 4.79 Å². The van der Waals surface area contributed by atoms with Crippen LogP contribution in [0.25, 0.3) is 11.5 Å². The number of carbonyl (C=O) groups excluding carboxylic acids is 1. The van der Waals surface area contributed by atoms with Crippen LogP contribution in [-0.4, -0.2) is 29.8 Å². The molecular formula is C18H15Cl2N3O4. The van der Waals surface area contributed by atoms with Crippen molar-refractivity contribution in [3.8, 4) is 17.2 Å². The van der Waals surface area contributed by atoms with Crippen molar-refractivity contribution in [2.75, 3.05) is 19.0 Å². The molecular weight excluding hydrogens is 393 g/mol. The Labute approximate surface area is 165 Å². The highest BCUT2D eigenvalue weighted by molar-refractivity contribution is 6.36. The maximum absolute atomic E-state index is 11.5. The standard InChI is InChI=1S/C18H15Cl2N3O4/c1-25-9-16(24)21-12-3-5-13(6-4-12)26-10-17-22-23-18(27-17)14-7-2-11(19)8-15(14)20/h2-8H,9-10H2,1H3,(H,21,24). The second-order valence-corrected chi connectivity index (χ2v) is 6.26. The first kappa shape index (κ1) is 19.2. The molecule has 0 fully saturated rings. The molecule has 0 bridgehead atoms. The van der Waals surface area contributed by atoms with Gasteiger partial charge in [-0.05, 0) is 42.5 Å². The van der Waals surface area contributed by atoms with Gasteiger partial charge < -0.3 is 19.2 Å². The zero-order chi connectivity index (χ0) is 19.2. The number of anilines is 1. The Hall–Kier alpha value is -2.61. The van der Waals surface area contributed by atoms with Crippen LogP contribution < -0.4 is 10.1 Å². The molecule has 9 heteroatoms. The number of nitrogens with one attached hydrogen (secondary N) is 1. The average molecular weight is 408 g/mol. The van der Waals surface area contributed by atoms with Crippen molar-refractivity contribution in [1.29, 1.82) is 0 Å². The third-order valence-corrected chi connectivity index (χ3v) is 3.95. The van der Waals surface area contributed by atoms with Crippen molar-refractivity contribution in [2.45, 2.75) is 6.61 Å². The van der Waals surface area contributed by atoms with Crippen molar-refractivity contribution in [3.63, 3.8) is 0 Å². The highest BCUT2D eigenvalue weighted by Gasteiger charge is 2.13. The van der Waals surface area contributed by atoms with Gasteiger partial charge in [0.2, 0.25) is 11.8 Å². The van der Waals surface area contributed by atoms with Crippen molar-refractivity contribution in [2.24, 2.45) is 0 Å². The van der Waals surface area contributed by atoms with Crippen LogP contribution in [0.5, 0.6) is 5.75 Å². The highest BCUT2D eigenvalue weighted by Crippen LogP contribution is 2.29. The Morgan fingerprint density at radius 3 is 2.63 bits per heavy atom. The lowest BCUT2D eigenvalue weighted by atomic mass is 10.2. The summed E-state index contributed by atoms with van der Waals surface area (Å²) in [6.45, 7) is 0.0863. The van der Waals surface area contributed by atoms with Crippen LogP contribution in [0.2, 0.25) is 10.0 Å². The predicted molar refractivity (Wildman–Crippen MR) is 101 cm³/mol. The number of methoxy groups -OCH3 is 1. The van der Waals surface area contributed by atoms with E-state index < -0.39 is 0 Å². The Balaban J connectivity index is 1.59. The Bertz CT molecular complexity index is 929. The Morgan fingerprint density at radius 2 is 1.93 bits per heavy atom. The highest BCUT2D eigenvalue weighted by atomic mass is 35.5. The molecule has 27 heavy (non-hydrogen) atoms. The number of carbonyl (C=O) groups is 1. The summed E-state index contributed by atoms with van der Waals surface area (Å²) >= 11 is 12.0. The minimum Gasteiger partial charge on any atom is -0.484 e. The van der Waals surface area contributed by atoms with E-state index >= 15 is 0 Å². The summed E-state index contributed by atoms with van der Waals surface area (Å²) in [6.07, 6.45) is 0. The summed E-state index contributed by atoms with van der Waals surface area (Å²) in [5.74, 6) is 0.939. The van der Waals surface area contributed by atoms with Gasteiger partial charge in [0, 0.05) is 17.8 Å². The molecule has 3 aromatic rings. The largest absolute Gasteiger partial charge is 0.484 e. The molecule has 0 atom stereocenters. The van der Waals surface area contributed by atoms with Gasteiger partial charge in [0.25, 0.3) is 5.89 Å². The molecule has 0 aliphatic carbocycles. The van der Waals surface area contributed by atoms with E-state index in [0.29, 0.717) is 32.9 Å². The van der Waals surface area contributed by atoms with Crippen molar-refractivity contribution < 1.29 is 18.7 Å². The third-order valence-electron chi connectivity index (χ3n) is 3.40. The average Bonchev–Trinajstić information content (AvgIpc) is 3.10. The van der Waals surface area contributed by atoms with Gasteiger partial charge in [0.15, 0.2) is 6.61 Å². The van der Waals surface area contributed by atoms with Gasteiger partial charge in [0.05, 0.1) is 10.6 Å². The monoisotopic (exact) mass is 407 g/mol. The van der Waals surface area contributed by atoms with E-state index in [-0.39, 0.29) is 25.0 Å². The molecule has 1 amide bonds. The van der Waals surface area contributed by atoms with E-state index in [1.54, 1.807) is 42.5 Å². The maximum atomic E-state index is 11.5. The first-order valence-electron chi connectivity index (χ1n) is 7.84. The fraction of sp³-hybridized carbons (Fsp3) is 0.167. The lowest BCUT2D eigenvalue weighted by molar-refractivity contribution is -0.119. The third kappa shape index (κ3) is 5.19. The topological polar surface area (TPSA) is 86.5 Å². The first-order valence-corrected chi connectivity index (χ1v) is 8.60. The van der Waals surface area contributed by atoms with Crippen LogP contribution in [0.1, 0.15) is 5.89 Å². The normalized spacial score (nSPS) is 10.6. The van der Waals surface area contributed by atoms with E-state index in [1.165, 1.54) is 7.11 Å². The molecule has 0 saturated heterocycles. The summed E-state index contributed by atoms with van der Waals surface area (Å²) in [6, 6.07) is 11.9. The minimum absolute atomic E-state index is 0.00458. The maximum Gasteiger partial charge on any atom is 0.254 e. The number of halogens is 2. The SMILES string of the molecule is COCC(=O)Nc1ccc(OCc2nnc(-c3ccc(Cl)cc3Cl)o2)cc1. The van der Waals surface area contributed by atoms with Crippen molar-refractivity contribution >= 4 is 34.8 Å². The van der Waals surface area contributed by atoms with Crippen molar-refractivity contribution in [3.05, 3.63) is 58.4 Å². The number of hydrogen-bond donors (Lipinski definition) is 1. The summed E-state index contributed by atoms with van der Waals surface area (Å²) < 4.78 is 15.9. The van der Waals surface area contributed by atoms with E-state index in [0.717, 1.165) is 0 Å². The van der Waals surface area contributed by atoms with Gasteiger partial charge in [-0.25, -0.2) is 0 Å². The van der Waals surface area contributed by atoms with Crippen LogP contribution in [-0.2, 0) is 16.1 Å². The van der Waals surface area contributed by atoms with Crippen molar-refractivity contribution in [1.82, 2.24) is 10.2 Å². The zero-order valence-electron chi connectivity index (χ0n) is 14.2. The van der Waals surface area contributed by atoms with Gasteiger partial charge in [-0.2, -0.15) is 0 Å². The number of nitrogens with zero attached hydrogens (tertiary/aromatic N) is 2. The first-order chi connectivity index (χ1) is 13.0. The lowest BCUT2D eigenvalue weighted by Crippen LogP contribution is -2.16. The number of ether oxygens (including phenoxy) is 2.